The van der Waals surface area contributed by atoms with Crippen LogP contribution in [0, 0.1) is 23.7 Å². The predicted molar refractivity (Wildman–Crippen MR) is 395 cm³/mol. The van der Waals surface area contributed by atoms with Gasteiger partial charge in [0.25, 0.3) is 0 Å². The third-order valence-corrected chi connectivity index (χ3v) is 20.7. The molecule has 0 aromatic heterocycles. The molecule has 0 aliphatic heterocycles. The summed E-state index contributed by atoms with van der Waals surface area (Å²) in [5.41, 5.74) is 0. The van der Waals surface area contributed by atoms with Crippen LogP contribution in [-0.2, 0) is 65.4 Å². The van der Waals surface area contributed by atoms with E-state index < -0.39 is 97.5 Å². The number of aliphatic hydroxyl groups is 1. The Bertz CT molecular complexity index is 1910. The van der Waals surface area contributed by atoms with Gasteiger partial charge in [0, 0.05) is 25.7 Å². The van der Waals surface area contributed by atoms with Crippen molar-refractivity contribution in [3.05, 3.63) is 0 Å². The monoisotopic (exact) mass is 1420 g/mol. The van der Waals surface area contributed by atoms with Gasteiger partial charge >= 0.3 is 39.5 Å². The molecule has 0 saturated heterocycles. The minimum Gasteiger partial charge on any atom is -0.462 e. The van der Waals surface area contributed by atoms with Gasteiger partial charge in [-0.15, -0.1) is 0 Å². The number of carbonyl (C=O) groups is 4. The highest BCUT2D eigenvalue weighted by atomic mass is 31.2. The number of phosphoric ester groups is 2. The molecule has 0 aliphatic rings. The van der Waals surface area contributed by atoms with Crippen LogP contribution in [0.5, 0.6) is 0 Å². The maximum absolute atomic E-state index is 13.1. The molecule has 0 rings (SSSR count). The number of hydrogen-bond donors (Lipinski definition) is 3. The fourth-order valence-corrected chi connectivity index (χ4v) is 13.4. The van der Waals surface area contributed by atoms with Crippen LogP contribution in [0.25, 0.3) is 0 Å². The number of aliphatic hydroxyl groups excluding tert-OH is 1. The van der Waals surface area contributed by atoms with E-state index in [-0.39, 0.29) is 25.7 Å². The molecule has 0 aromatic rings. The van der Waals surface area contributed by atoms with E-state index in [2.05, 4.69) is 55.4 Å². The van der Waals surface area contributed by atoms with Gasteiger partial charge in [-0.25, -0.2) is 9.13 Å². The van der Waals surface area contributed by atoms with E-state index in [1.165, 1.54) is 193 Å². The summed E-state index contributed by atoms with van der Waals surface area (Å²) in [5.74, 6) is 1.00. The molecule has 19 heteroatoms. The van der Waals surface area contributed by atoms with Crippen LogP contribution in [0.2, 0.25) is 0 Å². The predicted octanol–water partition coefficient (Wildman–Crippen LogP) is 22.8. The van der Waals surface area contributed by atoms with Crippen molar-refractivity contribution in [2.45, 2.75) is 414 Å². The van der Waals surface area contributed by atoms with Crippen LogP contribution >= 0.6 is 15.6 Å². The second-order valence-electron chi connectivity index (χ2n) is 29.5. The second-order valence-corrected chi connectivity index (χ2v) is 32.4. The summed E-state index contributed by atoms with van der Waals surface area (Å²) in [5, 5.41) is 10.6. The van der Waals surface area contributed by atoms with Crippen molar-refractivity contribution in [1.29, 1.82) is 0 Å². The smallest absolute Gasteiger partial charge is 0.462 e. The summed E-state index contributed by atoms with van der Waals surface area (Å²) in [6.45, 7) is 14.2. The summed E-state index contributed by atoms with van der Waals surface area (Å²) in [6.07, 6.45) is 52.6. The van der Waals surface area contributed by atoms with Crippen molar-refractivity contribution in [2.75, 3.05) is 39.6 Å². The van der Waals surface area contributed by atoms with Crippen LogP contribution in [0.4, 0.5) is 0 Å². The van der Waals surface area contributed by atoms with Crippen molar-refractivity contribution in [3.63, 3.8) is 0 Å². The van der Waals surface area contributed by atoms with Crippen LogP contribution in [-0.4, -0.2) is 96.7 Å². The molecule has 0 spiro atoms. The molecule has 97 heavy (non-hydrogen) atoms. The average molecular weight is 1420 g/mol. The standard InChI is InChI=1S/C78H152O17P2/c1-9-70(7)56-48-40-32-26-19-15-11-12-16-21-28-34-44-52-60-77(82)95-74(65-89-76(81)59-51-43-37-36-41-49-57-71(8)10-2)67-93-97(86,87)91-63-72(79)62-90-96(84,85)92-66-73(94-78(83)61-53-45-35-29-23-22-25-31-39-47-55-69(5)6)64-88-75(80)58-50-42-33-27-20-17-13-14-18-24-30-38-46-54-68(3)4/h68-74,79H,9-67H2,1-8H3,(H,84,85)(H,86,87)/t70?,71?,72-,73-,74-/m1/s1. The zero-order chi connectivity index (χ0) is 71.7. The molecule has 0 saturated carbocycles. The quantitative estimate of drug-likeness (QED) is 0.0222. The lowest BCUT2D eigenvalue weighted by Crippen LogP contribution is -2.30. The van der Waals surface area contributed by atoms with Gasteiger partial charge in [-0.3, -0.25) is 37.3 Å². The molecule has 0 heterocycles. The molecule has 4 unspecified atom stereocenters. The summed E-state index contributed by atoms with van der Waals surface area (Å²) in [4.78, 5) is 72.9. The van der Waals surface area contributed by atoms with Crippen LogP contribution in [0.3, 0.4) is 0 Å². The number of hydrogen-bond acceptors (Lipinski definition) is 15. The largest absolute Gasteiger partial charge is 0.472 e. The average Bonchev–Trinajstić information content (AvgIpc) is 1.97. The van der Waals surface area contributed by atoms with Gasteiger partial charge in [-0.05, 0) is 49.4 Å². The topological polar surface area (TPSA) is 237 Å². The highest BCUT2D eigenvalue weighted by Gasteiger charge is 2.30. The first-order valence-corrected chi connectivity index (χ1v) is 43.3. The first-order chi connectivity index (χ1) is 46.7. The Labute approximate surface area is 594 Å². The van der Waals surface area contributed by atoms with Crippen molar-refractivity contribution in [3.8, 4) is 0 Å². The highest BCUT2D eigenvalue weighted by Crippen LogP contribution is 2.45. The highest BCUT2D eigenvalue weighted by molar-refractivity contribution is 7.47. The molecule has 0 bridgehead atoms. The van der Waals surface area contributed by atoms with Gasteiger partial charge in [-0.2, -0.15) is 0 Å². The lowest BCUT2D eigenvalue weighted by atomic mass is 9.99. The van der Waals surface area contributed by atoms with Crippen molar-refractivity contribution >= 4 is 39.5 Å². The molecular weight excluding hydrogens is 1270 g/mol. The summed E-state index contributed by atoms with van der Waals surface area (Å²) >= 11 is 0. The molecule has 7 atom stereocenters. The minimum absolute atomic E-state index is 0.106. The molecule has 0 aromatic carbocycles. The van der Waals surface area contributed by atoms with Crippen LogP contribution in [0.15, 0.2) is 0 Å². The van der Waals surface area contributed by atoms with Gasteiger partial charge in [0.15, 0.2) is 12.2 Å². The van der Waals surface area contributed by atoms with Crippen molar-refractivity contribution < 1.29 is 80.2 Å². The zero-order valence-electron chi connectivity index (χ0n) is 63.7. The Morgan fingerprint density at radius 3 is 0.732 bits per heavy atom. The van der Waals surface area contributed by atoms with E-state index >= 15 is 0 Å². The van der Waals surface area contributed by atoms with E-state index in [1.54, 1.807) is 0 Å². The fraction of sp³-hybridized carbons (Fsp3) is 0.949. The Hall–Kier alpha value is -1.94. The normalized spacial score (nSPS) is 14.6. The zero-order valence-corrected chi connectivity index (χ0v) is 65.5. The molecule has 0 fully saturated rings. The number of rotatable bonds is 75. The lowest BCUT2D eigenvalue weighted by molar-refractivity contribution is -0.161. The number of carbonyl (C=O) groups excluding carboxylic acids is 4. The summed E-state index contributed by atoms with van der Waals surface area (Å²) in [6, 6.07) is 0. The summed E-state index contributed by atoms with van der Waals surface area (Å²) in [7, 11) is -9.92. The van der Waals surface area contributed by atoms with E-state index in [0.717, 1.165) is 120 Å². The van der Waals surface area contributed by atoms with Crippen LogP contribution in [0.1, 0.15) is 396 Å². The first-order valence-electron chi connectivity index (χ1n) is 40.3. The maximum Gasteiger partial charge on any atom is 0.472 e. The summed E-state index contributed by atoms with van der Waals surface area (Å²) < 4.78 is 68.6. The van der Waals surface area contributed by atoms with E-state index in [4.69, 9.17) is 37.0 Å². The van der Waals surface area contributed by atoms with E-state index in [1.807, 2.05) is 0 Å². The third-order valence-electron chi connectivity index (χ3n) is 18.8. The van der Waals surface area contributed by atoms with Gasteiger partial charge in [0.1, 0.15) is 19.3 Å². The van der Waals surface area contributed by atoms with Crippen molar-refractivity contribution in [2.24, 2.45) is 23.7 Å². The van der Waals surface area contributed by atoms with Gasteiger partial charge in [-0.1, -0.05) is 344 Å². The van der Waals surface area contributed by atoms with Crippen LogP contribution < -0.4 is 0 Å². The van der Waals surface area contributed by atoms with Gasteiger partial charge in [0.2, 0.25) is 0 Å². The minimum atomic E-state index is -4.96. The van der Waals surface area contributed by atoms with Crippen molar-refractivity contribution in [1.82, 2.24) is 0 Å². The Morgan fingerprint density at radius 1 is 0.289 bits per heavy atom. The second kappa shape index (κ2) is 67.2. The SMILES string of the molecule is CCC(C)CCCCCCCCCCCCCCCCC(=O)O[C@H](COC(=O)CCCCCCCCC(C)CC)COP(=O)(O)OC[C@H](O)COP(=O)(O)OC[C@@H](COC(=O)CCCCCCCCCCCCCCCC(C)C)OC(=O)CCCCCCCCCCCCC(C)C. The fourth-order valence-electron chi connectivity index (χ4n) is 11.8. The molecule has 0 radical (unpaired) electrons. The number of phosphoric acid groups is 2. The molecule has 17 nitrogen and oxygen atoms in total. The molecule has 3 N–H and O–H groups in total. The molecule has 576 valence electrons. The lowest BCUT2D eigenvalue weighted by Gasteiger charge is -2.21. The molecule has 0 amide bonds. The van der Waals surface area contributed by atoms with Gasteiger partial charge < -0.3 is 33.8 Å². The Morgan fingerprint density at radius 2 is 0.495 bits per heavy atom. The third kappa shape index (κ3) is 69.5. The van der Waals surface area contributed by atoms with Gasteiger partial charge in [0.05, 0.1) is 26.4 Å². The Balaban J connectivity index is 5.24. The molecule has 0 aliphatic carbocycles. The van der Waals surface area contributed by atoms with E-state index in [9.17, 15) is 43.2 Å². The molecular formula is C78H152O17P2. The number of esters is 4. The van der Waals surface area contributed by atoms with E-state index in [0.29, 0.717) is 25.7 Å². The number of ether oxygens (including phenoxy) is 4. The maximum atomic E-state index is 13.1. The first kappa shape index (κ1) is 95.1. The number of unbranched alkanes of at least 4 members (excludes halogenated alkanes) is 39. The Kier molecular flexibility index (Phi) is 65.9.